The van der Waals surface area contributed by atoms with Gasteiger partial charge in [-0.1, -0.05) is 30.3 Å². The maximum absolute atomic E-state index is 11.7. The minimum atomic E-state index is -0.585. The number of rotatable bonds is 8. The molecule has 0 radical (unpaired) electrons. The van der Waals surface area contributed by atoms with Crippen molar-refractivity contribution in [2.45, 2.75) is 25.4 Å². The molecule has 0 spiro atoms. The Bertz CT molecular complexity index is 598. The molecule has 3 N–H and O–H groups in total. The summed E-state index contributed by atoms with van der Waals surface area (Å²) in [5.74, 6) is 0. The van der Waals surface area contributed by atoms with Crippen molar-refractivity contribution in [1.29, 1.82) is 0 Å². The molecule has 0 aliphatic heterocycles. The van der Waals surface area contributed by atoms with Crippen molar-refractivity contribution >= 4 is 6.03 Å². The number of hydrogen-bond donors (Lipinski definition) is 3. The van der Waals surface area contributed by atoms with Crippen LogP contribution in [0.5, 0.6) is 0 Å². The summed E-state index contributed by atoms with van der Waals surface area (Å²) in [5.41, 5.74) is 2.21. The minimum absolute atomic E-state index is 0.239. The Morgan fingerprint density at radius 2 is 2.04 bits per heavy atom. The average molecular weight is 316 g/mol. The Kier molecular flexibility index (Phi) is 6.62. The van der Waals surface area contributed by atoms with Gasteiger partial charge in [0.05, 0.1) is 12.3 Å². The minimum Gasteiger partial charge on any atom is -0.391 e. The van der Waals surface area contributed by atoms with Crippen LogP contribution in [0.1, 0.15) is 17.5 Å². The third-order valence-corrected chi connectivity index (χ3v) is 3.50. The lowest BCUT2D eigenvalue weighted by Crippen LogP contribution is -2.40. The lowest BCUT2D eigenvalue weighted by molar-refractivity contribution is 0.170. The zero-order chi connectivity index (χ0) is 16.5. The summed E-state index contributed by atoms with van der Waals surface area (Å²) >= 11 is 0. The molecule has 0 aliphatic carbocycles. The first-order valence-electron chi connectivity index (χ1n) is 7.84. The van der Waals surface area contributed by atoms with Crippen molar-refractivity contribution in [1.82, 2.24) is 20.4 Å². The van der Waals surface area contributed by atoms with Gasteiger partial charge in [-0.15, -0.1) is 0 Å². The van der Waals surface area contributed by atoms with Gasteiger partial charge in [-0.2, -0.15) is 5.10 Å². The van der Waals surface area contributed by atoms with E-state index in [4.69, 9.17) is 0 Å². The van der Waals surface area contributed by atoms with Crippen LogP contribution in [0, 0.1) is 0 Å². The lowest BCUT2D eigenvalue weighted by Gasteiger charge is -2.12. The topological polar surface area (TPSA) is 79.2 Å². The van der Waals surface area contributed by atoms with Gasteiger partial charge in [0.15, 0.2) is 0 Å². The normalized spacial score (nSPS) is 11.9. The van der Waals surface area contributed by atoms with Gasteiger partial charge in [0.2, 0.25) is 0 Å². The Morgan fingerprint density at radius 1 is 1.26 bits per heavy atom. The number of aliphatic hydroxyl groups is 1. The average Bonchev–Trinajstić information content (AvgIpc) is 2.96. The van der Waals surface area contributed by atoms with Crippen molar-refractivity contribution in [3.8, 4) is 0 Å². The molecular formula is C17H24N4O2. The predicted molar refractivity (Wildman–Crippen MR) is 89.1 cm³/mol. The van der Waals surface area contributed by atoms with E-state index < -0.39 is 6.10 Å². The zero-order valence-electron chi connectivity index (χ0n) is 13.4. The van der Waals surface area contributed by atoms with Crippen molar-refractivity contribution in [2.24, 2.45) is 7.05 Å². The third kappa shape index (κ3) is 6.52. The van der Waals surface area contributed by atoms with Gasteiger partial charge in [0.1, 0.15) is 0 Å². The SMILES string of the molecule is Cn1cc(CCCNC(=O)NCC(O)Cc2ccccc2)cn1. The van der Waals surface area contributed by atoms with Crippen LogP contribution in [-0.2, 0) is 19.9 Å². The third-order valence-electron chi connectivity index (χ3n) is 3.50. The zero-order valence-corrected chi connectivity index (χ0v) is 13.4. The number of aliphatic hydroxyl groups excluding tert-OH is 1. The van der Waals surface area contributed by atoms with Crippen LogP contribution in [0.25, 0.3) is 0 Å². The summed E-state index contributed by atoms with van der Waals surface area (Å²) in [5, 5.41) is 19.5. The summed E-state index contributed by atoms with van der Waals surface area (Å²) in [6.07, 6.45) is 5.48. The Hall–Kier alpha value is -2.34. The van der Waals surface area contributed by atoms with Crippen LogP contribution in [0.2, 0.25) is 0 Å². The van der Waals surface area contributed by atoms with E-state index in [1.165, 1.54) is 0 Å². The molecule has 0 bridgehead atoms. The van der Waals surface area contributed by atoms with Gasteiger partial charge in [-0.3, -0.25) is 4.68 Å². The molecule has 23 heavy (non-hydrogen) atoms. The smallest absolute Gasteiger partial charge is 0.314 e. The molecule has 1 unspecified atom stereocenters. The van der Waals surface area contributed by atoms with Crippen LogP contribution in [0.15, 0.2) is 42.7 Å². The Balaban J connectivity index is 1.56. The van der Waals surface area contributed by atoms with Crippen molar-refractivity contribution in [2.75, 3.05) is 13.1 Å². The van der Waals surface area contributed by atoms with E-state index in [-0.39, 0.29) is 12.6 Å². The molecule has 6 heteroatoms. The number of nitrogens with zero attached hydrogens (tertiary/aromatic N) is 2. The standard InChI is InChI=1S/C17H24N4O2/c1-21-13-15(11-20-21)8-5-9-18-17(23)19-12-16(22)10-14-6-3-2-4-7-14/h2-4,6-7,11,13,16,22H,5,8-10,12H2,1H3,(H2,18,19,23). The molecule has 124 valence electrons. The van der Waals surface area contributed by atoms with Gasteiger partial charge in [0, 0.05) is 32.8 Å². The number of carbonyl (C=O) groups is 1. The van der Waals surface area contributed by atoms with E-state index in [1.54, 1.807) is 4.68 Å². The fourth-order valence-corrected chi connectivity index (χ4v) is 2.33. The number of aromatic nitrogens is 2. The quantitative estimate of drug-likeness (QED) is 0.641. The van der Waals surface area contributed by atoms with E-state index >= 15 is 0 Å². The van der Waals surface area contributed by atoms with E-state index in [1.807, 2.05) is 49.8 Å². The van der Waals surface area contributed by atoms with Gasteiger partial charge in [0.25, 0.3) is 0 Å². The number of urea groups is 1. The molecule has 1 aromatic carbocycles. The highest BCUT2D eigenvalue weighted by atomic mass is 16.3. The number of aryl methyl sites for hydroxylation is 2. The monoisotopic (exact) mass is 316 g/mol. The number of hydrogen-bond acceptors (Lipinski definition) is 3. The number of nitrogens with one attached hydrogen (secondary N) is 2. The Morgan fingerprint density at radius 3 is 2.74 bits per heavy atom. The van der Waals surface area contributed by atoms with Crippen LogP contribution in [-0.4, -0.2) is 40.1 Å². The molecular weight excluding hydrogens is 292 g/mol. The fourth-order valence-electron chi connectivity index (χ4n) is 2.33. The maximum Gasteiger partial charge on any atom is 0.314 e. The molecule has 0 saturated carbocycles. The molecule has 1 aromatic heterocycles. The number of benzene rings is 1. The molecule has 2 rings (SSSR count). The fraction of sp³-hybridized carbons (Fsp3) is 0.412. The molecule has 0 saturated heterocycles. The summed E-state index contributed by atoms with van der Waals surface area (Å²) in [6, 6.07) is 9.48. The van der Waals surface area contributed by atoms with Crippen molar-refractivity contribution in [3.05, 3.63) is 53.9 Å². The molecule has 0 fully saturated rings. The Labute approximate surface area is 136 Å². The summed E-state index contributed by atoms with van der Waals surface area (Å²) < 4.78 is 1.77. The maximum atomic E-state index is 11.7. The predicted octanol–water partition coefficient (Wildman–Crippen LogP) is 1.26. The first kappa shape index (κ1) is 17.0. The van der Waals surface area contributed by atoms with Crippen molar-refractivity contribution in [3.63, 3.8) is 0 Å². The summed E-state index contributed by atoms with van der Waals surface area (Å²) in [4.78, 5) is 11.7. The van der Waals surface area contributed by atoms with Crippen LogP contribution >= 0.6 is 0 Å². The molecule has 1 heterocycles. The van der Waals surface area contributed by atoms with E-state index in [0.29, 0.717) is 13.0 Å². The largest absolute Gasteiger partial charge is 0.391 e. The van der Waals surface area contributed by atoms with E-state index in [9.17, 15) is 9.90 Å². The van der Waals surface area contributed by atoms with Crippen LogP contribution in [0.4, 0.5) is 4.79 Å². The van der Waals surface area contributed by atoms with Crippen LogP contribution < -0.4 is 10.6 Å². The number of amides is 2. The van der Waals surface area contributed by atoms with E-state index in [2.05, 4.69) is 15.7 Å². The second kappa shape index (κ2) is 8.95. The van der Waals surface area contributed by atoms with Gasteiger partial charge >= 0.3 is 6.03 Å². The summed E-state index contributed by atoms with van der Waals surface area (Å²) in [6.45, 7) is 0.832. The second-order valence-corrected chi connectivity index (χ2v) is 5.61. The molecule has 6 nitrogen and oxygen atoms in total. The first-order chi connectivity index (χ1) is 11.1. The van der Waals surface area contributed by atoms with Gasteiger partial charge in [-0.25, -0.2) is 4.79 Å². The highest BCUT2D eigenvalue weighted by Crippen LogP contribution is 2.02. The molecule has 0 aliphatic rings. The number of carbonyl (C=O) groups excluding carboxylic acids is 1. The van der Waals surface area contributed by atoms with Crippen LogP contribution in [0.3, 0.4) is 0 Å². The first-order valence-corrected chi connectivity index (χ1v) is 7.84. The van der Waals surface area contributed by atoms with Crippen molar-refractivity contribution < 1.29 is 9.90 Å². The highest BCUT2D eigenvalue weighted by Gasteiger charge is 2.07. The molecule has 2 amide bonds. The second-order valence-electron chi connectivity index (χ2n) is 5.61. The van der Waals surface area contributed by atoms with E-state index in [0.717, 1.165) is 24.0 Å². The van der Waals surface area contributed by atoms with Gasteiger partial charge in [-0.05, 0) is 24.0 Å². The summed E-state index contributed by atoms with van der Waals surface area (Å²) in [7, 11) is 1.88. The van der Waals surface area contributed by atoms with Gasteiger partial charge < -0.3 is 15.7 Å². The lowest BCUT2D eigenvalue weighted by atomic mass is 10.1. The highest BCUT2D eigenvalue weighted by molar-refractivity contribution is 5.73. The molecule has 2 aromatic rings. The molecule has 1 atom stereocenters.